The van der Waals surface area contributed by atoms with Gasteiger partial charge in [0.25, 0.3) is 0 Å². The second-order valence-corrected chi connectivity index (χ2v) is 11.3. The first kappa shape index (κ1) is 29.4. The topological polar surface area (TPSA) is 121 Å². The van der Waals surface area contributed by atoms with Crippen molar-refractivity contribution in [2.75, 3.05) is 18.9 Å². The minimum absolute atomic E-state index is 0.0561. The van der Waals surface area contributed by atoms with Gasteiger partial charge in [-0.3, -0.25) is 0 Å². The number of benzene rings is 2. The van der Waals surface area contributed by atoms with Gasteiger partial charge in [-0.15, -0.1) is 0 Å². The number of pyridine rings is 1. The highest BCUT2D eigenvalue weighted by Gasteiger charge is 2.33. The van der Waals surface area contributed by atoms with Crippen molar-refractivity contribution in [3.05, 3.63) is 82.0 Å². The summed E-state index contributed by atoms with van der Waals surface area (Å²) in [6.45, 7) is 14.3. The minimum atomic E-state index is -0.622. The summed E-state index contributed by atoms with van der Waals surface area (Å²) < 4.78 is 23.3. The molecule has 2 N–H and O–H groups in total. The van der Waals surface area contributed by atoms with E-state index in [4.69, 9.17) is 47.5 Å². The molecule has 1 aliphatic rings. The van der Waals surface area contributed by atoms with Crippen LogP contribution < -0.4 is 10.5 Å². The van der Waals surface area contributed by atoms with E-state index in [0.717, 1.165) is 17.0 Å². The van der Waals surface area contributed by atoms with E-state index in [1.165, 1.54) is 11.8 Å². The Morgan fingerprint density at radius 3 is 2.50 bits per heavy atom. The van der Waals surface area contributed by atoms with E-state index in [1.807, 2.05) is 32.9 Å². The summed E-state index contributed by atoms with van der Waals surface area (Å²) in [5, 5.41) is 11.2. The molecule has 11 heteroatoms. The van der Waals surface area contributed by atoms with Crippen LogP contribution in [-0.2, 0) is 21.6 Å². The molecule has 0 saturated carbocycles. The number of aryl methyl sites for hydroxylation is 1. The number of hydrogen-bond donors (Lipinski definition) is 1. The lowest BCUT2D eigenvalue weighted by atomic mass is 10.00. The number of aromatic nitrogens is 2. The molecule has 0 radical (unpaired) electrons. The molecule has 1 fully saturated rings. The van der Waals surface area contributed by atoms with E-state index in [-0.39, 0.29) is 23.2 Å². The molecule has 1 aliphatic heterocycles. The zero-order chi connectivity index (χ0) is 29.9. The number of thioether (sulfide) groups is 1. The van der Waals surface area contributed by atoms with E-state index in [2.05, 4.69) is 15.9 Å². The quantitative estimate of drug-likeness (QED) is 0.154. The molecule has 2 aromatic heterocycles. The van der Waals surface area contributed by atoms with Gasteiger partial charge in [-0.05, 0) is 55.8 Å². The van der Waals surface area contributed by atoms with E-state index in [0.29, 0.717) is 58.2 Å². The first-order valence-electron chi connectivity index (χ1n) is 13.2. The Kier molecular flexibility index (Phi) is 8.72. The normalized spacial score (nSPS) is 15.7. The molecular formula is C31H28ClN5O4S. The Bertz CT molecular complexity index is 1670. The fourth-order valence-corrected chi connectivity index (χ4v) is 5.63. The van der Waals surface area contributed by atoms with Gasteiger partial charge in [0, 0.05) is 28.3 Å². The summed E-state index contributed by atoms with van der Waals surface area (Å²) in [4.78, 5) is 12.7. The summed E-state index contributed by atoms with van der Waals surface area (Å²) in [5.74, 6) is 1.69. The van der Waals surface area contributed by atoms with Crippen LogP contribution >= 0.6 is 23.4 Å². The number of hydrogen-bond acceptors (Lipinski definition) is 9. The summed E-state index contributed by atoms with van der Waals surface area (Å²) >= 11 is 7.35. The average Bonchev–Trinajstić information content (AvgIpc) is 3.57. The van der Waals surface area contributed by atoms with Crippen molar-refractivity contribution in [1.82, 2.24) is 9.97 Å². The van der Waals surface area contributed by atoms with Gasteiger partial charge in [0.15, 0.2) is 5.79 Å². The molecule has 42 heavy (non-hydrogen) atoms. The number of ether oxygens (including phenoxy) is 3. The minimum Gasteiger partial charge on any atom is -0.491 e. The van der Waals surface area contributed by atoms with Gasteiger partial charge in [0.05, 0.1) is 24.4 Å². The maximum absolute atomic E-state index is 10.2. The van der Waals surface area contributed by atoms with Gasteiger partial charge >= 0.3 is 0 Å². The zero-order valence-electron chi connectivity index (χ0n) is 23.3. The smallest absolute Gasteiger partial charge is 0.236 e. The van der Waals surface area contributed by atoms with Gasteiger partial charge in [-0.25, -0.2) is 14.8 Å². The molecule has 214 valence electrons. The first-order chi connectivity index (χ1) is 20.2. The van der Waals surface area contributed by atoms with Crippen LogP contribution in [-0.4, -0.2) is 35.1 Å². The number of rotatable bonds is 9. The maximum Gasteiger partial charge on any atom is 0.236 e. The SMILES string of the molecule is [C-]#[N+]c1c(N)nc(SCc2nc(-c3ccc(Cl)cc3)oc2CC)c(C#N)c1-c1ccc(OC[C@H]2COC(C)(C)O2)cc1. The molecule has 5 rings (SSSR count). The van der Waals surface area contributed by atoms with E-state index < -0.39 is 5.79 Å². The number of halogens is 1. The van der Waals surface area contributed by atoms with Crippen LogP contribution in [0, 0.1) is 17.9 Å². The second kappa shape index (κ2) is 12.4. The molecule has 0 bridgehead atoms. The van der Waals surface area contributed by atoms with Crippen molar-refractivity contribution in [1.29, 1.82) is 5.26 Å². The van der Waals surface area contributed by atoms with Gasteiger partial charge in [0.2, 0.25) is 11.6 Å². The van der Waals surface area contributed by atoms with Gasteiger partial charge < -0.3 is 24.4 Å². The molecule has 9 nitrogen and oxygen atoms in total. The monoisotopic (exact) mass is 601 g/mol. The standard InChI is InChI=1S/C31H28ClN5O4S/c1-5-25-24(36-29(40-25)19-6-10-20(32)11-7-19)17-42-30-23(14-33)26(27(35-4)28(34)37-30)18-8-12-21(13-9-18)38-15-22-16-39-31(2,3)41-22/h6-13,22H,5,15-17H2,1-3H3,(H2,34,37)/t22-/m0/s1. The Morgan fingerprint density at radius 2 is 1.88 bits per heavy atom. The molecule has 4 aromatic rings. The molecular weight excluding hydrogens is 574 g/mol. The fraction of sp³-hybridized carbons (Fsp3) is 0.290. The van der Waals surface area contributed by atoms with Gasteiger partial charge in [-0.2, -0.15) is 5.26 Å². The highest BCUT2D eigenvalue weighted by atomic mass is 35.5. The lowest BCUT2D eigenvalue weighted by Gasteiger charge is -2.17. The first-order valence-corrected chi connectivity index (χ1v) is 14.6. The van der Waals surface area contributed by atoms with Crippen LogP contribution in [0.5, 0.6) is 5.75 Å². The highest BCUT2D eigenvalue weighted by molar-refractivity contribution is 7.98. The summed E-state index contributed by atoms with van der Waals surface area (Å²) in [6.07, 6.45) is 0.476. The van der Waals surface area contributed by atoms with Crippen LogP contribution in [0.4, 0.5) is 11.5 Å². The molecule has 3 heterocycles. The van der Waals surface area contributed by atoms with Crippen molar-refractivity contribution in [2.45, 2.75) is 49.9 Å². The third kappa shape index (κ3) is 6.38. The zero-order valence-corrected chi connectivity index (χ0v) is 24.9. The third-order valence-electron chi connectivity index (χ3n) is 6.57. The third-order valence-corrected chi connectivity index (χ3v) is 7.81. The largest absolute Gasteiger partial charge is 0.491 e. The molecule has 0 unspecified atom stereocenters. The van der Waals surface area contributed by atoms with Crippen LogP contribution in [0.1, 0.15) is 37.8 Å². The van der Waals surface area contributed by atoms with E-state index in [9.17, 15) is 5.26 Å². The summed E-state index contributed by atoms with van der Waals surface area (Å²) in [6, 6.07) is 16.7. The molecule has 0 amide bonds. The maximum atomic E-state index is 10.2. The Balaban J connectivity index is 1.39. The van der Waals surface area contributed by atoms with Crippen molar-refractivity contribution in [3.63, 3.8) is 0 Å². The van der Waals surface area contributed by atoms with Crippen LogP contribution in [0.2, 0.25) is 5.02 Å². The van der Waals surface area contributed by atoms with Crippen molar-refractivity contribution < 1.29 is 18.6 Å². The van der Waals surface area contributed by atoms with Crippen LogP contribution in [0.15, 0.2) is 58.0 Å². The molecule has 0 spiro atoms. The number of nitrogens with two attached hydrogens (primary N) is 1. The predicted octanol–water partition coefficient (Wildman–Crippen LogP) is 7.45. The molecule has 0 aliphatic carbocycles. The van der Waals surface area contributed by atoms with E-state index in [1.54, 1.807) is 36.4 Å². The van der Waals surface area contributed by atoms with E-state index >= 15 is 0 Å². The Morgan fingerprint density at radius 1 is 1.17 bits per heavy atom. The summed E-state index contributed by atoms with van der Waals surface area (Å²) in [5.41, 5.74) is 9.28. The van der Waals surface area contributed by atoms with Crippen LogP contribution in [0.25, 0.3) is 27.4 Å². The number of nitrogens with zero attached hydrogens (tertiary/aromatic N) is 4. The lowest BCUT2D eigenvalue weighted by Crippen LogP contribution is -2.25. The number of nitrogen functional groups attached to an aromatic ring is 1. The van der Waals surface area contributed by atoms with Gasteiger partial charge in [-0.1, -0.05) is 42.4 Å². The lowest BCUT2D eigenvalue weighted by molar-refractivity contribution is -0.141. The second-order valence-electron chi connectivity index (χ2n) is 9.95. The van der Waals surface area contributed by atoms with Crippen LogP contribution in [0.3, 0.4) is 0 Å². The Hall–Kier alpha value is -4.06. The van der Waals surface area contributed by atoms with Gasteiger partial charge in [0.1, 0.15) is 41.1 Å². The van der Waals surface area contributed by atoms with Crippen molar-refractivity contribution in [3.8, 4) is 34.4 Å². The highest BCUT2D eigenvalue weighted by Crippen LogP contribution is 2.42. The molecule has 1 saturated heterocycles. The fourth-order valence-electron chi connectivity index (χ4n) is 4.55. The molecule has 2 aromatic carbocycles. The number of nitriles is 1. The summed E-state index contributed by atoms with van der Waals surface area (Å²) in [7, 11) is 0. The number of anilines is 1. The predicted molar refractivity (Wildman–Crippen MR) is 161 cm³/mol. The number of oxazole rings is 1. The van der Waals surface area contributed by atoms with Crippen molar-refractivity contribution >= 4 is 34.9 Å². The van der Waals surface area contributed by atoms with Crippen molar-refractivity contribution in [2.24, 2.45) is 0 Å². The molecule has 1 atom stereocenters. The Labute approximate surface area is 253 Å². The average molecular weight is 602 g/mol.